The van der Waals surface area contributed by atoms with Gasteiger partial charge in [-0.05, 0) is 25.0 Å². The lowest BCUT2D eigenvalue weighted by Gasteiger charge is -2.34. The molecule has 2 aromatic rings. The van der Waals surface area contributed by atoms with Crippen molar-refractivity contribution in [1.29, 1.82) is 0 Å². The monoisotopic (exact) mass is 387 g/mol. The average molecular weight is 388 g/mol. The lowest BCUT2D eigenvalue weighted by atomic mass is 10.3. The van der Waals surface area contributed by atoms with E-state index >= 15 is 0 Å². The first-order valence-electron chi connectivity index (χ1n) is 9.51. The van der Waals surface area contributed by atoms with Gasteiger partial charge in [0.2, 0.25) is 11.1 Å². The lowest BCUT2D eigenvalue weighted by Crippen LogP contribution is -2.50. The van der Waals surface area contributed by atoms with Crippen LogP contribution in [0.4, 0.5) is 0 Å². The van der Waals surface area contributed by atoms with E-state index in [9.17, 15) is 4.79 Å². The standard InChI is InChI=1S/C19H25N5O2S/c25-17(14-27-19-20-18(21-22-19)15-6-7-15)24-10-8-23(9-11-24)12-13-26-16-4-2-1-3-5-16/h1-5,15H,6-14H2,(H,20,21,22). The molecule has 2 aliphatic rings. The molecule has 0 spiro atoms. The zero-order valence-corrected chi connectivity index (χ0v) is 16.2. The summed E-state index contributed by atoms with van der Waals surface area (Å²) in [6.07, 6.45) is 2.39. The highest BCUT2D eigenvalue weighted by atomic mass is 32.2. The van der Waals surface area contributed by atoms with Crippen molar-refractivity contribution in [3.8, 4) is 5.75 Å². The van der Waals surface area contributed by atoms with Gasteiger partial charge in [0.1, 0.15) is 18.2 Å². The van der Waals surface area contributed by atoms with Gasteiger partial charge >= 0.3 is 0 Å². The average Bonchev–Trinajstić information content (AvgIpc) is 3.46. The van der Waals surface area contributed by atoms with Crippen LogP contribution >= 0.6 is 11.8 Å². The molecule has 1 amide bonds. The number of aromatic amines is 1. The Morgan fingerprint density at radius 3 is 2.70 bits per heavy atom. The summed E-state index contributed by atoms with van der Waals surface area (Å²) in [5.41, 5.74) is 0. The quantitative estimate of drug-likeness (QED) is 0.699. The van der Waals surface area contributed by atoms with Crippen LogP contribution in [-0.2, 0) is 4.79 Å². The summed E-state index contributed by atoms with van der Waals surface area (Å²) in [5.74, 6) is 3.00. The van der Waals surface area contributed by atoms with Crippen molar-refractivity contribution >= 4 is 17.7 Å². The number of piperazine rings is 1. The molecule has 8 heteroatoms. The van der Waals surface area contributed by atoms with E-state index in [1.165, 1.54) is 24.6 Å². The molecule has 1 saturated carbocycles. The third kappa shape index (κ3) is 5.23. The van der Waals surface area contributed by atoms with Gasteiger partial charge in [-0.2, -0.15) is 0 Å². The Morgan fingerprint density at radius 1 is 1.19 bits per heavy atom. The van der Waals surface area contributed by atoms with Gasteiger partial charge in [0.15, 0.2) is 0 Å². The number of para-hydroxylation sites is 1. The molecule has 0 bridgehead atoms. The van der Waals surface area contributed by atoms with E-state index in [-0.39, 0.29) is 5.91 Å². The fraction of sp³-hybridized carbons (Fsp3) is 0.526. The summed E-state index contributed by atoms with van der Waals surface area (Å²) in [6, 6.07) is 9.87. The largest absolute Gasteiger partial charge is 0.492 e. The van der Waals surface area contributed by atoms with Crippen molar-refractivity contribution in [3.05, 3.63) is 36.2 Å². The van der Waals surface area contributed by atoms with Crippen LogP contribution < -0.4 is 4.74 Å². The molecule has 0 radical (unpaired) electrons. The van der Waals surface area contributed by atoms with Gasteiger partial charge in [-0.1, -0.05) is 30.0 Å². The first-order chi connectivity index (χ1) is 13.3. The number of rotatable bonds is 8. The second-order valence-corrected chi connectivity index (χ2v) is 7.89. The van der Waals surface area contributed by atoms with Crippen molar-refractivity contribution in [2.75, 3.05) is 45.1 Å². The van der Waals surface area contributed by atoms with Crippen molar-refractivity contribution in [3.63, 3.8) is 0 Å². The number of nitrogens with zero attached hydrogens (tertiary/aromatic N) is 4. The smallest absolute Gasteiger partial charge is 0.233 e. The van der Waals surface area contributed by atoms with E-state index in [1.54, 1.807) is 0 Å². The molecule has 1 saturated heterocycles. The number of benzene rings is 1. The molecular formula is C19H25N5O2S. The second kappa shape index (κ2) is 8.75. The molecule has 27 heavy (non-hydrogen) atoms. The molecule has 144 valence electrons. The molecule has 0 unspecified atom stereocenters. The van der Waals surface area contributed by atoms with Gasteiger partial charge in [0.05, 0.1) is 5.75 Å². The van der Waals surface area contributed by atoms with Gasteiger partial charge in [-0.25, -0.2) is 4.98 Å². The number of amides is 1. The van der Waals surface area contributed by atoms with E-state index in [4.69, 9.17) is 4.74 Å². The Kier molecular flexibility index (Phi) is 5.94. The van der Waals surface area contributed by atoms with Crippen molar-refractivity contribution in [1.82, 2.24) is 25.0 Å². The van der Waals surface area contributed by atoms with E-state index in [2.05, 4.69) is 20.1 Å². The fourth-order valence-corrected chi connectivity index (χ4v) is 3.82. The predicted molar refractivity (Wildman–Crippen MR) is 104 cm³/mol. The zero-order valence-electron chi connectivity index (χ0n) is 15.3. The number of carbonyl (C=O) groups is 1. The van der Waals surface area contributed by atoms with Crippen molar-refractivity contribution < 1.29 is 9.53 Å². The normalized spacial score (nSPS) is 17.9. The van der Waals surface area contributed by atoms with Crippen LogP contribution in [0, 0.1) is 0 Å². The van der Waals surface area contributed by atoms with Crippen molar-refractivity contribution in [2.45, 2.75) is 23.9 Å². The minimum atomic E-state index is 0.165. The highest BCUT2D eigenvalue weighted by Gasteiger charge is 2.27. The fourth-order valence-electron chi connectivity index (χ4n) is 3.11. The first-order valence-corrected chi connectivity index (χ1v) is 10.5. The summed E-state index contributed by atoms with van der Waals surface area (Å²) < 4.78 is 5.75. The Labute approximate surface area is 163 Å². The van der Waals surface area contributed by atoms with Crippen LogP contribution in [0.5, 0.6) is 5.75 Å². The summed E-state index contributed by atoms with van der Waals surface area (Å²) in [4.78, 5) is 21.2. The maximum absolute atomic E-state index is 12.4. The highest BCUT2D eigenvalue weighted by molar-refractivity contribution is 7.99. The van der Waals surface area contributed by atoms with Crippen LogP contribution in [0.25, 0.3) is 0 Å². The third-order valence-corrected chi connectivity index (χ3v) is 5.75. The third-order valence-electron chi connectivity index (χ3n) is 4.92. The number of nitrogens with one attached hydrogen (secondary N) is 1. The highest BCUT2D eigenvalue weighted by Crippen LogP contribution is 2.38. The van der Waals surface area contributed by atoms with Crippen LogP contribution in [0.3, 0.4) is 0 Å². The van der Waals surface area contributed by atoms with Crippen LogP contribution in [-0.4, -0.2) is 76.0 Å². The molecule has 1 aliphatic heterocycles. The molecule has 2 fully saturated rings. The minimum absolute atomic E-state index is 0.165. The summed E-state index contributed by atoms with van der Waals surface area (Å²) in [5, 5.41) is 7.86. The number of H-pyrrole nitrogens is 1. The maximum Gasteiger partial charge on any atom is 0.233 e. The van der Waals surface area contributed by atoms with E-state index in [1.807, 2.05) is 35.2 Å². The molecule has 1 aromatic heterocycles. The van der Waals surface area contributed by atoms with E-state index < -0.39 is 0 Å². The summed E-state index contributed by atoms with van der Waals surface area (Å²) in [6.45, 7) is 4.87. The van der Waals surface area contributed by atoms with Crippen molar-refractivity contribution in [2.24, 2.45) is 0 Å². The number of hydrogen-bond donors (Lipinski definition) is 1. The van der Waals surface area contributed by atoms with Gasteiger partial charge in [-0.3, -0.25) is 14.8 Å². The number of thioether (sulfide) groups is 1. The minimum Gasteiger partial charge on any atom is -0.492 e. The second-order valence-electron chi connectivity index (χ2n) is 6.95. The molecule has 1 aromatic carbocycles. The predicted octanol–water partition coefficient (Wildman–Crippen LogP) is 2.00. The molecule has 1 aliphatic carbocycles. The topological polar surface area (TPSA) is 74.4 Å². The van der Waals surface area contributed by atoms with Gasteiger partial charge in [0, 0.05) is 38.6 Å². The van der Waals surface area contributed by atoms with Gasteiger partial charge in [0.25, 0.3) is 0 Å². The van der Waals surface area contributed by atoms with Crippen LogP contribution in [0.1, 0.15) is 24.6 Å². The van der Waals surface area contributed by atoms with Crippen LogP contribution in [0.2, 0.25) is 0 Å². The van der Waals surface area contributed by atoms with Gasteiger partial charge in [-0.15, -0.1) is 5.10 Å². The molecule has 1 N–H and O–H groups in total. The van der Waals surface area contributed by atoms with Gasteiger partial charge < -0.3 is 9.64 Å². The number of ether oxygens (including phenoxy) is 1. The SMILES string of the molecule is O=C(CSc1n[nH]c(C2CC2)n1)N1CCN(CCOc2ccccc2)CC1. The zero-order chi connectivity index (χ0) is 18.5. The lowest BCUT2D eigenvalue weighted by molar-refractivity contribution is -0.130. The maximum atomic E-state index is 12.4. The Morgan fingerprint density at radius 2 is 1.96 bits per heavy atom. The number of hydrogen-bond acceptors (Lipinski definition) is 6. The van der Waals surface area contributed by atoms with Crippen LogP contribution in [0.15, 0.2) is 35.5 Å². The number of aromatic nitrogens is 3. The Hall–Kier alpha value is -2.06. The Bertz CT molecular complexity index is 742. The molecule has 0 atom stereocenters. The first kappa shape index (κ1) is 18.3. The van der Waals surface area contributed by atoms with E-state index in [0.717, 1.165) is 44.3 Å². The van der Waals surface area contributed by atoms with E-state index in [0.29, 0.717) is 23.4 Å². The molecule has 4 rings (SSSR count). The summed E-state index contributed by atoms with van der Waals surface area (Å²) in [7, 11) is 0. The molecule has 2 heterocycles. The molecular weight excluding hydrogens is 362 g/mol. The number of carbonyl (C=O) groups excluding carboxylic acids is 1. The summed E-state index contributed by atoms with van der Waals surface area (Å²) >= 11 is 1.42. The Balaban J connectivity index is 1.13. The molecule has 7 nitrogen and oxygen atoms in total.